The summed E-state index contributed by atoms with van der Waals surface area (Å²) in [7, 11) is 0. The summed E-state index contributed by atoms with van der Waals surface area (Å²) < 4.78 is 10.7. The van der Waals surface area contributed by atoms with E-state index in [9.17, 15) is 4.55 Å². The van der Waals surface area contributed by atoms with Crippen LogP contribution in [0.5, 0.6) is 0 Å². The van der Waals surface area contributed by atoms with E-state index in [2.05, 4.69) is 4.98 Å². The average Bonchev–Trinajstić information content (AvgIpc) is 1.90. The lowest BCUT2D eigenvalue weighted by atomic mass is 10.5. The van der Waals surface area contributed by atoms with Crippen molar-refractivity contribution in [3.8, 4) is 0 Å². The van der Waals surface area contributed by atoms with E-state index in [-0.39, 0.29) is 0 Å². The molecule has 0 radical (unpaired) electrons. The molecule has 1 heterocycles. The molecule has 48 valence electrons. The predicted octanol–water partition coefficient (Wildman–Crippen LogP) is 0.819. The summed E-state index contributed by atoms with van der Waals surface area (Å²) in [5.41, 5.74) is 0. The summed E-state index contributed by atoms with van der Waals surface area (Å²) in [5, 5.41) is 0. The lowest BCUT2D eigenvalue weighted by Gasteiger charge is -2.00. The smallest absolute Gasteiger partial charge is 0.155 e. The molecule has 0 N–H and O–H groups in total. The van der Waals surface area contributed by atoms with Crippen LogP contribution in [0.15, 0.2) is 29.4 Å². The lowest BCUT2D eigenvalue weighted by Crippen LogP contribution is -1.95. The Hall–Kier alpha value is -0.540. The second-order valence-corrected chi connectivity index (χ2v) is 3.02. The van der Waals surface area contributed by atoms with Crippen molar-refractivity contribution in [1.82, 2.24) is 4.98 Å². The third kappa shape index (κ3) is 1.69. The van der Waals surface area contributed by atoms with E-state index >= 15 is 0 Å². The van der Waals surface area contributed by atoms with Gasteiger partial charge >= 0.3 is 0 Å². The van der Waals surface area contributed by atoms with Gasteiger partial charge in [-0.2, -0.15) is 0 Å². The molecule has 0 aliphatic carbocycles. The Labute approximate surface area is 57.1 Å². The Morgan fingerprint density at radius 1 is 1.44 bits per heavy atom. The Morgan fingerprint density at radius 2 is 2.00 bits per heavy atom. The summed E-state index contributed by atoms with van der Waals surface area (Å²) >= 11 is -0.869. The third-order valence-electron chi connectivity index (χ3n) is 0.982. The molecule has 0 bridgehead atoms. The minimum atomic E-state index is -0.869. The van der Waals surface area contributed by atoms with Gasteiger partial charge in [-0.1, -0.05) is 0 Å². The van der Waals surface area contributed by atoms with Crippen LogP contribution in [-0.4, -0.2) is 15.8 Å². The van der Waals surface area contributed by atoms with Crippen LogP contribution in [0.2, 0.25) is 0 Å². The van der Waals surface area contributed by atoms with Crippen LogP contribution in [0, 0.1) is 0 Å². The summed E-state index contributed by atoms with van der Waals surface area (Å²) in [5.74, 6) is 0. The molecule has 1 atom stereocenters. The Bertz CT molecular complexity index is 176. The zero-order valence-corrected chi connectivity index (χ0v) is 5.89. The van der Waals surface area contributed by atoms with Gasteiger partial charge in [0.15, 0.2) is 4.90 Å². The van der Waals surface area contributed by atoms with Gasteiger partial charge in [0.05, 0.1) is 0 Å². The van der Waals surface area contributed by atoms with Gasteiger partial charge in [-0.15, -0.1) is 0 Å². The van der Waals surface area contributed by atoms with Crippen molar-refractivity contribution in [2.75, 3.05) is 6.26 Å². The van der Waals surface area contributed by atoms with Crippen LogP contribution in [0.25, 0.3) is 0 Å². The third-order valence-corrected chi connectivity index (χ3v) is 1.92. The highest BCUT2D eigenvalue weighted by molar-refractivity contribution is 7.90. The number of rotatable bonds is 1. The lowest BCUT2D eigenvalue weighted by molar-refractivity contribution is 0.600. The molecule has 3 heteroatoms. The highest BCUT2D eigenvalue weighted by Crippen LogP contribution is 2.03. The fourth-order valence-electron chi connectivity index (χ4n) is 0.530. The van der Waals surface area contributed by atoms with E-state index in [1.807, 2.05) is 0 Å². The molecule has 0 aliphatic heterocycles. The van der Waals surface area contributed by atoms with Gasteiger partial charge in [0.25, 0.3) is 0 Å². The van der Waals surface area contributed by atoms with Gasteiger partial charge < -0.3 is 4.55 Å². The molecule has 0 aliphatic rings. The minimum absolute atomic E-state index is 0.824. The second-order valence-electron chi connectivity index (χ2n) is 1.64. The van der Waals surface area contributed by atoms with E-state index in [0.29, 0.717) is 0 Å². The molecule has 0 saturated carbocycles. The van der Waals surface area contributed by atoms with Gasteiger partial charge in [0.2, 0.25) is 0 Å². The van der Waals surface area contributed by atoms with Crippen molar-refractivity contribution in [2.45, 2.75) is 4.90 Å². The molecule has 1 aromatic rings. The van der Waals surface area contributed by atoms with Crippen molar-refractivity contribution in [1.29, 1.82) is 0 Å². The molecule has 2 nitrogen and oxygen atoms in total. The Morgan fingerprint density at radius 3 is 2.33 bits per heavy atom. The molecular weight excluding hydrogens is 134 g/mol. The summed E-state index contributed by atoms with van der Waals surface area (Å²) in [6.45, 7) is 0. The van der Waals surface area contributed by atoms with Crippen molar-refractivity contribution < 1.29 is 4.55 Å². The predicted molar refractivity (Wildman–Crippen MR) is 36.6 cm³/mol. The number of pyridine rings is 1. The van der Waals surface area contributed by atoms with E-state index in [1.165, 1.54) is 0 Å². The van der Waals surface area contributed by atoms with Crippen molar-refractivity contribution in [2.24, 2.45) is 0 Å². The maximum absolute atomic E-state index is 10.7. The summed E-state index contributed by atoms with van der Waals surface area (Å²) in [6, 6.07) is 3.49. The zero-order valence-electron chi connectivity index (χ0n) is 5.07. The molecule has 0 amide bonds. The molecule has 0 fully saturated rings. The molecule has 0 spiro atoms. The first kappa shape index (κ1) is 6.58. The SMILES string of the molecule is C[S+]([O-])c1ccncc1. The number of hydrogen-bond donors (Lipinski definition) is 0. The van der Waals surface area contributed by atoms with E-state index in [4.69, 9.17) is 0 Å². The van der Waals surface area contributed by atoms with Crippen LogP contribution >= 0.6 is 0 Å². The highest BCUT2D eigenvalue weighted by atomic mass is 32.2. The normalized spacial score (nSPS) is 13.1. The Balaban J connectivity index is 2.85. The topological polar surface area (TPSA) is 36.0 Å². The molecule has 0 saturated heterocycles. The van der Waals surface area contributed by atoms with Crippen LogP contribution in [0.1, 0.15) is 0 Å². The first-order valence-electron chi connectivity index (χ1n) is 2.54. The summed E-state index contributed by atoms with van der Waals surface area (Å²) in [6.07, 6.45) is 4.92. The van der Waals surface area contributed by atoms with Crippen LogP contribution in [-0.2, 0) is 11.2 Å². The number of nitrogens with zero attached hydrogens (tertiary/aromatic N) is 1. The fraction of sp³-hybridized carbons (Fsp3) is 0.167. The summed E-state index contributed by atoms with van der Waals surface area (Å²) in [4.78, 5) is 4.62. The van der Waals surface area contributed by atoms with Crippen LogP contribution < -0.4 is 0 Å². The van der Waals surface area contributed by atoms with Gasteiger partial charge in [0.1, 0.15) is 6.26 Å². The van der Waals surface area contributed by atoms with Gasteiger partial charge in [0, 0.05) is 24.5 Å². The standard InChI is InChI=1S/C6H7NOS/c1-9(8)6-2-4-7-5-3-6/h2-5H,1H3. The Kier molecular flexibility index (Phi) is 2.08. The highest BCUT2D eigenvalue weighted by Gasteiger charge is 1.99. The maximum Gasteiger partial charge on any atom is 0.155 e. The van der Waals surface area contributed by atoms with Gasteiger partial charge in [-0.25, -0.2) is 0 Å². The maximum atomic E-state index is 10.7. The largest absolute Gasteiger partial charge is 0.612 e. The first-order chi connectivity index (χ1) is 4.30. The van der Waals surface area contributed by atoms with E-state index in [0.717, 1.165) is 4.90 Å². The molecule has 0 aromatic carbocycles. The molecule has 1 unspecified atom stereocenters. The van der Waals surface area contributed by atoms with E-state index in [1.54, 1.807) is 30.8 Å². The van der Waals surface area contributed by atoms with Crippen LogP contribution in [0.4, 0.5) is 0 Å². The molecular formula is C6H7NOS. The molecule has 9 heavy (non-hydrogen) atoms. The van der Waals surface area contributed by atoms with Crippen molar-refractivity contribution in [3.05, 3.63) is 24.5 Å². The number of aromatic nitrogens is 1. The molecule has 1 rings (SSSR count). The van der Waals surface area contributed by atoms with Gasteiger partial charge in [-0.3, -0.25) is 4.98 Å². The fourth-order valence-corrected chi connectivity index (χ4v) is 1.03. The quantitative estimate of drug-likeness (QED) is 0.543. The zero-order chi connectivity index (χ0) is 6.69. The average molecular weight is 141 g/mol. The molecule has 1 aromatic heterocycles. The first-order valence-corrected chi connectivity index (χ1v) is 4.10. The van der Waals surface area contributed by atoms with Crippen molar-refractivity contribution >= 4 is 11.2 Å². The van der Waals surface area contributed by atoms with Crippen molar-refractivity contribution in [3.63, 3.8) is 0 Å². The monoisotopic (exact) mass is 141 g/mol. The van der Waals surface area contributed by atoms with E-state index < -0.39 is 11.2 Å². The van der Waals surface area contributed by atoms with Crippen LogP contribution in [0.3, 0.4) is 0 Å². The number of hydrogen-bond acceptors (Lipinski definition) is 2. The van der Waals surface area contributed by atoms with Gasteiger partial charge in [-0.05, 0) is 11.2 Å². The minimum Gasteiger partial charge on any atom is -0.612 e. The second kappa shape index (κ2) is 2.85.